The largest absolute Gasteiger partial charge is 0.444 e. The maximum atomic E-state index is 13.6. The highest BCUT2D eigenvalue weighted by molar-refractivity contribution is 6.00. The number of rotatable bonds is 10. The summed E-state index contributed by atoms with van der Waals surface area (Å²) in [6, 6.07) is 26.5. The maximum Gasteiger partial charge on any atom is 0.347 e. The summed E-state index contributed by atoms with van der Waals surface area (Å²) in [5, 5.41) is 11.2. The molecule has 0 radical (unpaired) electrons. The van der Waals surface area contributed by atoms with Gasteiger partial charge in [0, 0.05) is 29.2 Å². The predicted molar refractivity (Wildman–Crippen MR) is 142 cm³/mol. The average molecular weight is 545 g/mol. The molecule has 0 saturated heterocycles. The average Bonchev–Trinajstić information content (AvgIpc) is 2.92. The van der Waals surface area contributed by atoms with Crippen LogP contribution in [0.3, 0.4) is 0 Å². The van der Waals surface area contributed by atoms with E-state index in [1.165, 1.54) is 6.92 Å². The molecule has 1 unspecified atom stereocenters. The molecule has 0 aromatic heterocycles. The molecule has 3 aromatic carbocycles. The molecule has 9 nitrogen and oxygen atoms in total. The van der Waals surface area contributed by atoms with E-state index in [-0.39, 0.29) is 5.57 Å². The summed E-state index contributed by atoms with van der Waals surface area (Å²) in [6.07, 6.45) is -2.28. The Morgan fingerprint density at radius 1 is 0.675 bits per heavy atom. The van der Waals surface area contributed by atoms with E-state index in [0.717, 1.165) is 6.92 Å². The zero-order chi connectivity index (χ0) is 29.3. The summed E-state index contributed by atoms with van der Waals surface area (Å²) in [5.41, 5.74) is -2.95. The van der Waals surface area contributed by atoms with Gasteiger partial charge in [-0.3, -0.25) is 14.4 Å². The number of esters is 5. The van der Waals surface area contributed by atoms with Crippen molar-refractivity contribution < 1.29 is 43.3 Å². The molecular weight excluding hydrogens is 516 g/mol. The smallest absolute Gasteiger partial charge is 0.347 e. The van der Waals surface area contributed by atoms with Crippen molar-refractivity contribution in [1.82, 2.24) is 0 Å². The summed E-state index contributed by atoms with van der Waals surface area (Å²) in [5.74, 6) is -6.22. The van der Waals surface area contributed by atoms with Gasteiger partial charge in [0.05, 0.1) is 12.8 Å². The Labute approximate surface area is 231 Å². The molecule has 0 aliphatic heterocycles. The Hall–Kier alpha value is -4.89. The Morgan fingerprint density at radius 2 is 1.07 bits per heavy atom. The molecule has 0 saturated carbocycles. The third-order valence-corrected chi connectivity index (χ3v) is 5.85. The Morgan fingerprint density at radius 3 is 1.45 bits per heavy atom. The SMILES string of the molecule is C=C(C)C(=O)OC(=O)C(O)(CC(=O)OC(C)=O)CC(=O)OC(c1ccccc1)(c1ccccc1)c1ccccc1. The lowest BCUT2D eigenvalue weighted by Crippen LogP contribution is -2.47. The maximum absolute atomic E-state index is 13.6. The standard InChI is InChI=1S/C31H28O9/c1-21(2)28(35)39-29(36)30(37,19-26(33)38-22(3)32)20-27(34)40-31(23-13-7-4-8-14-23,24-15-9-5-10-16-24)25-17-11-6-12-18-25/h4-18,37H,1,19-20H2,2-3H3. The second-order valence-corrected chi connectivity index (χ2v) is 9.06. The Bertz CT molecular complexity index is 1300. The first-order chi connectivity index (χ1) is 19.0. The number of benzene rings is 3. The fraction of sp³-hybridized carbons (Fsp3) is 0.194. The van der Waals surface area contributed by atoms with Gasteiger partial charge in [-0.05, 0) is 6.92 Å². The van der Waals surface area contributed by atoms with Crippen molar-refractivity contribution in [1.29, 1.82) is 0 Å². The lowest BCUT2D eigenvalue weighted by molar-refractivity contribution is -0.184. The van der Waals surface area contributed by atoms with Crippen molar-refractivity contribution in [3.8, 4) is 0 Å². The van der Waals surface area contributed by atoms with Crippen LogP contribution in [0.15, 0.2) is 103 Å². The van der Waals surface area contributed by atoms with Crippen molar-refractivity contribution in [3.63, 3.8) is 0 Å². The monoisotopic (exact) mass is 544 g/mol. The second kappa shape index (κ2) is 12.8. The van der Waals surface area contributed by atoms with Crippen LogP contribution in [0.25, 0.3) is 0 Å². The van der Waals surface area contributed by atoms with E-state index in [0.29, 0.717) is 16.7 Å². The highest BCUT2D eigenvalue weighted by Gasteiger charge is 2.47. The van der Waals surface area contributed by atoms with Gasteiger partial charge in [0.2, 0.25) is 0 Å². The van der Waals surface area contributed by atoms with Gasteiger partial charge < -0.3 is 19.3 Å². The first-order valence-electron chi connectivity index (χ1n) is 12.2. The number of hydrogen-bond acceptors (Lipinski definition) is 9. The minimum atomic E-state index is -2.91. The molecule has 0 fully saturated rings. The van der Waals surface area contributed by atoms with Gasteiger partial charge >= 0.3 is 29.8 Å². The summed E-state index contributed by atoms with van der Waals surface area (Å²) in [6.45, 7) is 5.58. The van der Waals surface area contributed by atoms with E-state index in [1.54, 1.807) is 91.0 Å². The minimum Gasteiger partial charge on any atom is -0.444 e. The number of aliphatic hydroxyl groups is 1. The molecule has 206 valence electrons. The number of carbonyl (C=O) groups excluding carboxylic acids is 5. The van der Waals surface area contributed by atoms with Crippen LogP contribution in [0.1, 0.15) is 43.4 Å². The molecule has 0 amide bonds. The van der Waals surface area contributed by atoms with Gasteiger partial charge in [-0.15, -0.1) is 0 Å². The molecule has 0 aliphatic carbocycles. The van der Waals surface area contributed by atoms with Crippen molar-refractivity contribution in [2.75, 3.05) is 0 Å². The number of hydrogen-bond donors (Lipinski definition) is 1. The van der Waals surface area contributed by atoms with E-state index in [2.05, 4.69) is 16.1 Å². The molecule has 40 heavy (non-hydrogen) atoms. The molecular formula is C31H28O9. The third kappa shape index (κ3) is 6.95. The summed E-state index contributed by atoms with van der Waals surface area (Å²) in [4.78, 5) is 62.0. The molecule has 0 bridgehead atoms. The van der Waals surface area contributed by atoms with E-state index < -0.39 is 53.9 Å². The van der Waals surface area contributed by atoms with Crippen molar-refractivity contribution in [3.05, 3.63) is 120 Å². The van der Waals surface area contributed by atoms with E-state index in [4.69, 9.17) is 4.74 Å². The van der Waals surface area contributed by atoms with Gasteiger partial charge in [0.25, 0.3) is 0 Å². The van der Waals surface area contributed by atoms with E-state index >= 15 is 0 Å². The lowest BCUT2D eigenvalue weighted by Gasteiger charge is -2.36. The highest BCUT2D eigenvalue weighted by Crippen LogP contribution is 2.41. The van der Waals surface area contributed by atoms with Crippen LogP contribution < -0.4 is 0 Å². The van der Waals surface area contributed by atoms with Crippen LogP contribution in [0, 0.1) is 0 Å². The molecule has 1 atom stereocenters. The van der Waals surface area contributed by atoms with E-state index in [1.807, 2.05) is 0 Å². The molecule has 3 rings (SSSR count). The summed E-state index contributed by atoms with van der Waals surface area (Å²) < 4.78 is 15.2. The van der Waals surface area contributed by atoms with Crippen LogP contribution in [-0.2, 0) is 43.8 Å². The second-order valence-electron chi connectivity index (χ2n) is 9.06. The summed E-state index contributed by atoms with van der Waals surface area (Å²) >= 11 is 0. The number of ether oxygens (including phenoxy) is 3. The number of carbonyl (C=O) groups is 5. The van der Waals surface area contributed by atoms with Crippen LogP contribution in [-0.4, -0.2) is 40.6 Å². The first kappa shape index (κ1) is 29.7. The Balaban J connectivity index is 2.08. The van der Waals surface area contributed by atoms with Gasteiger partial charge in [-0.2, -0.15) is 0 Å². The molecule has 0 heterocycles. The fourth-order valence-electron chi connectivity index (χ4n) is 4.05. The highest BCUT2D eigenvalue weighted by atomic mass is 16.6. The summed E-state index contributed by atoms with van der Waals surface area (Å²) in [7, 11) is 0. The minimum absolute atomic E-state index is 0.166. The van der Waals surface area contributed by atoms with Gasteiger partial charge in [-0.1, -0.05) is 97.6 Å². The van der Waals surface area contributed by atoms with Gasteiger partial charge in [0.1, 0.15) is 0 Å². The van der Waals surface area contributed by atoms with Crippen molar-refractivity contribution in [2.45, 2.75) is 37.9 Å². The Kier molecular flexibility index (Phi) is 9.47. The van der Waals surface area contributed by atoms with Crippen molar-refractivity contribution >= 4 is 29.8 Å². The van der Waals surface area contributed by atoms with Crippen LogP contribution >= 0.6 is 0 Å². The molecule has 1 N–H and O–H groups in total. The van der Waals surface area contributed by atoms with Gasteiger partial charge in [0.15, 0.2) is 11.2 Å². The van der Waals surface area contributed by atoms with Crippen LogP contribution in [0.5, 0.6) is 0 Å². The normalized spacial score (nSPS) is 12.4. The van der Waals surface area contributed by atoms with Crippen molar-refractivity contribution in [2.24, 2.45) is 0 Å². The zero-order valence-electron chi connectivity index (χ0n) is 22.0. The topological polar surface area (TPSA) is 133 Å². The molecule has 0 spiro atoms. The predicted octanol–water partition coefficient (Wildman–Crippen LogP) is 3.77. The first-order valence-corrected chi connectivity index (χ1v) is 12.2. The zero-order valence-corrected chi connectivity index (χ0v) is 22.0. The van der Waals surface area contributed by atoms with E-state index in [9.17, 15) is 29.1 Å². The van der Waals surface area contributed by atoms with Crippen LogP contribution in [0.4, 0.5) is 0 Å². The molecule has 3 aromatic rings. The fourth-order valence-corrected chi connectivity index (χ4v) is 4.05. The van der Waals surface area contributed by atoms with Gasteiger partial charge in [-0.25, -0.2) is 9.59 Å². The third-order valence-electron chi connectivity index (χ3n) is 5.85. The molecule has 9 heteroatoms. The lowest BCUT2D eigenvalue weighted by atomic mass is 9.80. The quantitative estimate of drug-likeness (QED) is 0.133. The van der Waals surface area contributed by atoms with Crippen LogP contribution in [0.2, 0.25) is 0 Å². The molecule has 0 aliphatic rings.